The van der Waals surface area contributed by atoms with Gasteiger partial charge in [0.05, 0.1) is 10.9 Å². The number of carbonyl (C=O) groups is 1. The van der Waals surface area contributed by atoms with Crippen LogP contribution in [0, 0.1) is 6.92 Å². The first-order valence-electron chi connectivity index (χ1n) is 7.62. The van der Waals surface area contributed by atoms with Crippen LogP contribution in [-0.2, 0) is 10.0 Å². The molecule has 5 nitrogen and oxygen atoms in total. The Kier molecular flexibility index (Phi) is 5.41. The van der Waals surface area contributed by atoms with Crippen LogP contribution in [0.1, 0.15) is 34.5 Å². The van der Waals surface area contributed by atoms with E-state index in [1.54, 1.807) is 13.0 Å². The molecule has 0 radical (unpaired) electrons. The largest absolute Gasteiger partial charge is 0.346 e. The number of sulfonamides is 1. The number of nitrogens with zero attached hydrogens (tertiary/aromatic N) is 1. The molecule has 0 fully saturated rings. The molecule has 0 saturated heterocycles. The van der Waals surface area contributed by atoms with Gasteiger partial charge in [-0.1, -0.05) is 36.4 Å². The van der Waals surface area contributed by atoms with Crippen molar-refractivity contribution >= 4 is 15.9 Å². The summed E-state index contributed by atoms with van der Waals surface area (Å²) in [6, 6.07) is 14.0. The summed E-state index contributed by atoms with van der Waals surface area (Å²) in [7, 11) is -0.648. The average molecular weight is 346 g/mol. The molecule has 0 aliphatic rings. The summed E-state index contributed by atoms with van der Waals surface area (Å²) in [5, 5.41) is 2.91. The number of hydrogen-bond donors (Lipinski definition) is 1. The minimum atomic E-state index is -3.58. The Bertz CT molecular complexity index is 831. The molecule has 2 aromatic carbocycles. The van der Waals surface area contributed by atoms with Crippen LogP contribution >= 0.6 is 0 Å². The van der Waals surface area contributed by atoms with E-state index in [0.717, 1.165) is 15.4 Å². The van der Waals surface area contributed by atoms with E-state index < -0.39 is 10.0 Å². The van der Waals surface area contributed by atoms with Gasteiger partial charge in [0.2, 0.25) is 10.0 Å². The van der Waals surface area contributed by atoms with E-state index in [4.69, 9.17) is 0 Å². The number of aryl methyl sites for hydroxylation is 1. The molecule has 128 valence electrons. The van der Waals surface area contributed by atoms with Gasteiger partial charge in [-0.05, 0) is 37.1 Å². The molecule has 0 heterocycles. The highest BCUT2D eigenvalue weighted by molar-refractivity contribution is 7.89. The normalized spacial score (nSPS) is 12.9. The highest BCUT2D eigenvalue weighted by Gasteiger charge is 2.21. The van der Waals surface area contributed by atoms with Crippen LogP contribution in [-0.4, -0.2) is 32.7 Å². The quantitative estimate of drug-likeness (QED) is 0.905. The Hall–Kier alpha value is -2.18. The van der Waals surface area contributed by atoms with Crippen molar-refractivity contribution in [2.75, 3.05) is 14.1 Å². The lowest BCUT2D eigenvalue weighted by Crippen LogP contribution is -2.28. The minimum absolute atomic E-state index is 0.107. The van der Waals surface area contributed by atoms with Gasteiger partial charge in [0.25, 0.3) is 5.91 Å². The van der Waals surface area contributed by atoms with Crippen LogP contribution < -0.4 is 5.32 Å². The summed E-state index contributed by atoms with van der Waals surface area (Å²) in [6.45, 7) is 3.68. The van der Waals surface area contributed by atoms with Gasteiger partial charge in [-0.3, -0.25) is 4.79 Å². The second-order valence-corrected chi connectivity index (χ2v) is 8.02. The third kappa shape index (κ3) is 3.83. The van der Waals surface area contributed by atoms with Crippen LogP contribution in [0.25, 0.3) is 0 Å². The fraction of sp³-hybridized carbons (Fsp3) is 0.278. The molecule has 0 bridgehead atoms. The van der Waals surface area contributed by atoms with Crippen molar-refractivity contribution in [1.29, 1.82) is 0 Å². The lowest BCUT2D eigenvalue weighted by molar-refractivity contribution is 0.0939. The first kappa shape index (κ1) is 18.2. The standard InChI is InChI=1S/C18H22N2O3S/c1-13-10-11-16(24(22,23)20(3)4)12-17(13)18(21)19-14(2)15-8-6-5-7-9-15/h5-12,14H,1-4H3,(H,19,21)/t14-/m1/s1. The minimum Gasteiger partial charge on any atom is -0.346 e. The molecule has 0 aliphatic carbocycles. The number of amides is 1. The van der Waals surface area contributed by atoms with Crippen molar-refractivity contribution < 1.29 is 13.2 Å². The third-order valence-corrected chi connectivity index (χ3v) is 5.69. The molecule has 0 unspecified atom stereocenters. The predicted molar refractivity (Wildman–Crippen MR) is 94.4 cm³/mol. The van der Waals surface area contributed by atoms with Crippen LogP contribution in [0.5, 0.6) is 0 Å². The number of hydrogen-bond acceptors (Lipinski definition) is 3. The molecule has 1 amide bonds. The average Bonchev–Trinajstić information content (AvgIpc) is 2.55. The second-order valence-electron chi connectivity index (χ2n) is 5.87. The van der Waals surface area contributed by atoms with Gasteiger partial charge in [0.15, 0.2) is 0 Å². The molecular formula is C18H22N2O3S. The number of carbonyl (C=O) groups excluding carboxylic acids is 1. The molecule has 0 spiro atoms. The third-order valence-electron chi connectivity index (χ3n) is 3.88. The summed E-state index contributed by atoms with van der Waals surface area (Å²) < 4.78 is 25.6. The topological polar surface area (TPSA) is 66.5 Å². The molecule has 2 rings (SSSR count). The second kappa shape index (κ2) is 7.15. The van der Waals surface area contributed by atoms with E-state index in [9.17, 15) is 13.2 Å². The van der Waals surface area contributed by atoms with E-state index in [0.29, 0.717) is 5.56 Å². The van der Waals surface area contributed by atoms with Gasteiger partial charge in [-0.2, -0.15) is 0 Å². The zero-order valence-corrected chi connectivity index (χ0v) is 15.1. The highest BCUT2D eigenvalue weighted by Crippen LogP contribution is 2.19. The van der Waals surface area contributed by atoms with E-state index in [1.807, 2.05) is 37.3 Å². The van der Waals surface area contributed by atoms with E-state index in [1.165, 1.54) is 26.2 Å². The number of nitrogens with one attached hydrogen (secondary N) is 1. The Morgan fingerprint density at radius 1 is 1.08 bits per heavy atom. The van der Waals surface area contributed by atoms with Gasteiger partial charge < -0.3 is 5.32 Å². The van der Waals surface area contributed by atoms with Crippen molar-refractivity contribution in [2.24, 2.45) is 0 Å². The Morgan fingerprint density at radius 3 is 2.29 bits per heavy atom. The van der Waals surface area contributed by atoms with Crippen LogP contribution in [0.4, 0.5) is 0 Å². The first-order chi connectivity index (χ1) is 11.2. The van der Waals surface area contributed by atoms with Gasteiger partial charge in [0.1, 0.15) is 0 Å². The predicted octanol–water partition coefficient (Wildman–Crippen LogP) is 2.74. The Labute approximate surface area is 143 Å². The molecule has 2 aromatic rings. The molecule has 24 heavy (non-hydrogen) atoms. The van der Waals surface area contributed by atoms with E-state index in [2.05, 4.69) is 5.32 Å². The monoisotopic (exact) mass is 346 g/mol. The summed E-state index contributed by atoms with van der Waals surface area (Å²) in [5.41, 5.74) is 2.08. The zero-order chi connectivity index (χ0) is 17.9. The molecular weight excluding hydrogens is 324 g/mol. The molecule has 0 aromatic heterocycles. The fourth-order valence-corrected chi connectivity index (χ4v) is 3.24. The molecule has 1 N–H and O–H groups in total. The van der Waals surface area contributed by atoms with Crippen LogP contribution in [0.2, 0.25) is 0 Å². The summed E-state index contributed by atoms with van der Waals surface area (Å²) in [6.07, 6.45) is 0. The maximum absolute atomic E-state index is 12.6. The Morgan fingerprint density at radius 2 is 1.71 bits per heavy atom. The van der Waals surface area contributed by atoms with Crippen LogP contribution in [0.3, 0.4) is 0 Å². The van der Waals surface area contributed by atoms with Gasteiger partial charge in [-0.15, -0.1) is 0 Å². The number of rotatable bonds is 5. The van der Waals surface area contributed by atoms with Crippen molar-refractivity contribution in [1.82, 2.24) is 9.62 Å². The van der Waals surface area contributed by atoms with Crippen molar-refractivity contribution in [2.45, 2.75) is 24.8 Å². The lowest BCUT2D eigenvalue weighted by Gasteiger charge is -2.17. The summed E-state index contributed by atoms with van der Waals surface area (Å²) >= 11 is 0. The molecule has 0 aliphatic heterocycles. The SMILES string of the molecule is Cc1ccc(S(=O)(=O)N(C)C)cc1C(=O)N[C@H](C)c1ccccc1. The first-order valence-corrected chi connectivity index (χ1v) is 9.06. The lowest BCUT2D eigenvalue weighted by atomic mass is 10.1. The van der Waals surface area contributed by atoms with Gasteiger partial charge in [0, 0.05) is 19.7 Å². The smallest absolute Gasteiger partial charge is 0.252 e. The van der Waals surface area contributed by atoms with E-state index >= 15 is 0 Å². The summed E-state index contributed by atoms with van der Waals surface area (Å²) in [4.78, 5) is 12.7. The number of benzene rings is 2. The maximum Gasteiger partial charge on any atom is 0.252 e. The fourth-order valence-electron chi connectivity index (χ4n) is 2.32. The maximum atomic E-state index is 12.6. The van der Waals surface area contributed by atoms with Crippen molar-refractivity contribution in [3.05, 3.63) is 65.2 Å². The zero-order valence-electron chi connectivity index (χ0n) is 14.3. The molecule has 1 atom stereocenters. The molecule has 6 heteroatoms. The van der Waals surface area contributed by atoms with Gasteiger partial charge >= 0.3 is 0 Å². The highest BCUT2D eigenvalue weighted by atomic mass is 32.2. The Balaban J connectivity index is 2.30. The van der Waals surface area contributed by atoms with E-state index in [-0.39, 0.29) is 16.8 Å². The summed E-state index contributed by atoms with van der Waals surface area (Å²) in [5.74, 6) is -0.292. The van der Waals surface area contributed by atoms with Crippen LogP contribution in [0.15, 0.2) is 53.4 Å². The molecule has 0 saturated carbocycles. The van der Waals surface area contributed by atoms with Crippen molar-refractivity contribution in [3.8, 4) is 0 Å². The van der Waals surface area contributed by atoms with Gasteiger partial charge in [-0.25, -0.2) is 12.7 Å². The van der Waals surface area contributed by atoms with Crippen molar-refractivity contribution in [3.63, 3.8) is 0 Å².